The van der Waals surface area contributed by atoms with Gasteiger partial charge in [-0.2, -0.15) is 0 Å². The number of ether oxygens (including phenoxy) is 1. The molecule has 0 unspecified atom stereocenters. The normalized spacial score (nSPS) is 14.4. The fourth-order valence-corrected chi connectivity index (χ4v) is 1.46. The number of hydroxylamine groups is 2. The van der Waals surface area contributed by atoms with Crippen molar-refractivity contribution in [1.82, 2.24) is 5.06 Å². The summed E-state index contributed by atoms with van der Waals surface area (Å²) in [6.45, 7) is 0. The summed E-state index contributed by atoms with van der Waals surface area (Å²) in [7, 11) is 0. The van der Waals surface area contributed by atoms with E-state index in [4.69, 9.17) is 0 Å². The third kappa shape index (κ3) is 2.95. The van der Waals surface area contributed by atoms with Gasteiger partial charge in [0.15, 0.2) is 0 Å². The number of nitrogens with zero attached hydrogens (tertiary/aromatic N) is 1. The third-order valence-corrected chi connectivity index (χ3v) is 2.36. The van der Waals surface area contributed by atoms with Crippen molar-refractivity contribution in [3.63, 3.8) is 0 Å². The van der Waals surface area contributed by atoms with Crippen molar-refractivity contribution in [1.29, 1.82) is 0 Å². The van der Waals surface area contributed by atoms with E-state index in [0.717, 1.165) is 0 Å². The molecule has 0 aliphatic carbocycles. The molecule has 1 aromatic rings. The first-order chi connectivity index (χ1) is 9.08. The number of hydrogen-bond acceptors (Lipinski definition) is 6. The molecule has 1 heterocycles. The standard InChI is InChI=1S/C12H9NO6/c14-9-6-7-10(15)13(9)19-12(17)18-11(16)8-4-2-1-3-5-8/h1-5H,6-7H2. The minimum absolute atomic E-state index is 0.0290. The highest BCUT2D eigenvalue weighted by molar-refractivity contribution is 6.02. The Labute approximate surface area is 107 Å². The van der Waals surface area contributed by atoms with Gasteiger partial charge in [-0.1, -0.05) is 23.3 Å². The zero-order valence-corrected chi connectivity index (χ0v) is 9.70. The number of amides is 2. The van der Waals surface area contributed by atoms with Crippen molar-refractivity contribution >= 4 is 23.9 Å². The van der Waals surface area contributed by atoms with Gasteiger partial charge < -0.3 is 4.74 Å². The van der Waals surface area contributed by atoms with Crippen molar-refractivity contribution in [2.75, 3.05) is 0 Å². The van der Waals surface area contributed by atoms with Crippen molar-refractivity contribution in [2.45, 2.75) is 12.8 Å². The van der Waals surface area contributed by atoms with Gasteiger partial charge in [0.05, 0.1) is 5.56 Å². The van der Waals surface area contributed by atoms with Crippen LogP contribution in [0.25, 0.3) is 0 Å². The average Bonchev–Trinajstić information content (AvgIpc) is 2.71. The maximum absolute atomic E-state index is 11.5. The lowest BCUT2D eigenvalue weighted by Crippen LogP contribution is -2.33. The quantitative estimate of drug-likeness (QED) is 0.450. The summed E-state index contributed by atoms with van der Waals surface area (Å²) in [5.74, 6) is -2.21. The molecule has 0 bridgehead atoms. The Kier molecular flexibility index (Phi) is 3.56. The number of benzene rings is 1. The van der Waals surface area contributed by atoms with E-state index in [9.17, 15) is 19.2 Å². The smallest absolute Gasteiger partial charge is 0.355 e. The van der Waals surface area contributed by atoms with Crippen LogP contribution in [0.3, 0.4) is 0 Å². The zero-order valence-electron chi connectivity index (χ0n) is 9.70. The molecule has 0 atom stereocenters. The Hall–Kier alpha value is -2.70. The topological polar surface area (TPSA) is 90.0 Å². The Morgan fingerprint density at radius 3 is 2.16 bits per heavy atom. The lowest BCUT2D eigenvalue weighted by molar-refractivity contribution is -0.175. The number of imide groups is 1. The number of hydrogen-bond donors (Lipinski definition) is 0. The second-order valence-electron chi connectivity index (χ2n) is 3.68. The van der Waals surface area contributed by atoms with Crippen molar-refractivity contribution in [3.05, 3.63) is 35.9 Å². The molecule has 7 nitrogen and oxygen atoms in total. The minimum atomic E-state index is -1.42. The van der Waals surface area contributed by atoms with Crippen molar-refractivity contribution in [2.24, 2.45) is 0 Å². The molecule has 0 N–H and O–H groups in total. The summed E-state index contributed by atoms with van der Waals surface area (Å²) in [5, 5.41) is 0.306. The van der Waals surface area contributed by atoms with E-state index in [2.05, 4.69) is 9.57 Å². The first-order valence-corrected chi connectivity index (χ1v) is 5.43. The SMILES string of the molecule is O=C(OC(=O)c1ccccc1)ON1C(=O)CCC1=O. The highest BCUT2D eigenvalue weighted by atomic mass is 16.8. The molecule has 2 rings (SSSR count). The van der Waals surface area contributed by atoms with E-state index in [1.165, 1.54) is 12.1 Å². The summed E-state index contributed by atoms with van der Waals surface area (Å²) >= 11 is 0. The first-order valence-electron chi connectivity index (χ1n) is 5.43. The number of rotatable bonds is 2. The largest absolute Gasteiger partial charge is 0.542 e. The molecule has 2 amide bonds. The average molecular weight is 263 g/mol. The number of carbonyl (C=O) groups is 4. The highest BCUT2D eigenvalue weighted by Crippen LogP contribution is 2.13. The van der Waals surface area contributed by atoms with E-state index >= 15 is 0 Å². The lowest BCUT2D eigenvalue weighted by Gasteiger charge is -2.11. The monoisotopic (exact) mass is 263 g/mol. The van der Waals surface area contributed by atoms with E-state index in [1.54, 1.807) is 18.2 Å². The van der Waals surface area contributed by atoms with Gasteiger partial charge in [0, 0.05) is 12.8 Å². The van der Waals surface area contributed by atoms with Gasteiger partial charge in [0.25, 0.3) is 11.8 Å². The highest BCUT2D eigenvalue weighted by Gasteiger charge is 2.34. The van der Waals surface area contributed by atoms with Gasteiger partial charge in [-0.15, -0.1) is 0 Å². The predicted molar refractivity (Wildman–Crippen MR) is 59.4 cm³/mol. The van der Waals surface area contributed by atoms with Gasteiger partial charge >= 0.3 is 12.1 Å². The zero-order chi connectivity index (χ0) is 13.8. The van der Waals surface area contributed by atoms with Crippen LogP contribution < -0.4 is 0 Å². The van der Waals surface area contributed by atoms with E-state index in [-0.39, 0.29) is 18.4 Å². The third-order valence-electron chi connectivity index (χ3n) is 2.36. The second-order valence-corrected chi connectivity index (χ2v) is 3.68. The van der Waals surface area contributed by atoms with E-state index in [1.807, 2.05) is 0 Å². The Bertz CT molecular complexity index is 522. The van der Waals surface area contributed by atoms with Gasteiger partial charge in [-0.05, 0) is 12.1 Å². The molecule has 19 heavy (non-hydrogen) atoms. The van der Waals surface area contributed by atoms with Gasteiger partial charge in [0.2, 0.25) is 0 Å². The number of carbonyl (C=O) groups excluding carboxylic acids is 4. The summed E-state index contributed by atoms with van der Waals surface area (Å²) in [6, 6.07) is 7.77. The van der Waals surface area contributed by atoms with E-state index < -0.39 is 23.9 Å². The van der Waals surface area contributed by atoms with Crippen LogP contribution in [0.15, 0.2) is 30.3 Å². The Balaban J connectivity index is 1.93. The summed E-state index contributed by atoms with van der Waals surface area (Å²) in [4.78, 5) is 49.4. The maximum Gasteiger partial charge on any atom is 0.542 e. The van der Waals surface area contributed by atoms with Crippen LogP contribution in [0.1, 0.15) is 23.2 Å². The fourth-order valence-electron chi connectivity index (χ4n) is 1.46. The molecular formula is C12H9NO6. The summed E-state index contributed by atoms with van der Waals surface area (Å²) < 4.78 is 4.35. The molecular weight excluding hydrogens is 254 g/mol. The van der Waals surface area contributed by atoms with Crippen LogP contribution in [-0.4, -0.2) is 29.0 Å². The molecule has 1 aliphatic rings. The predicted octanol–water partition coefficient (Wildman–Crippen LogP) is 1.04. The molecule has 0 spiro atoms. The van der Waals surface area contributed by atoms with Crippen LogP contribution in [0.2, 0.25) is 0 Å². The molecule has 0 saturated carbocycles. The van der Waals surface area contributed by atoms with Crippen LogP contribution in [0, 0.1) is 0 Å². The molecule has 1 saturated heterocycles. The summed E-state index contributed by atoms with van der Waals surface area (Å²) in [5.41, 5.74) is 0.151. The minimum Gasteiger partial charge on any atom is -0.355 e. The van der Waals surface area contributed by atoms with Crippen LogP contribution in [0.5, 0.6) is 0 Å². The molecule has 98 valence electrons. The van der Waals surface area contributed by atoms with Crippen LogP contribution in [-0.2, 0) is 19.2 Å². The first kappa shape index (κ1) is 12.7. The fraction of sp³-hybridized carbons (Fsp3) is 0.167. The maximum atomic E-state index is 11.5. The molecule has 0 radical (unpaired) electrons. The Morgan fingerprint density at radius 1 is 1.00 bits per heavy atom. The Morgan fingerprint density at radius 2 is 1.58 bits per heavy atom. The second kappa shape index (κ2) is 5.30. The molecule has 7 heteroatoms. The van der Waals surface area contributed by atoms with Gasteiger partial charge in [-0.25, -0.2) is 9.59 Å². The van der Waals surface area contributed by atoms with E-state index in [0.29, 0.717) is 5.06 Å². The van der Waals surface area contributed by atoms with Crippen molar-refractivity contribution < 1.29 is 28.8 Å². The van der Waals surface area contributed by atoms with Crippen molar-refractivity contribution in [3.8, 4) is 0 Å². The molecule has 0 aromatic heterocycles. The lowest BCUT2D eigenvalue weighted by atomic mass is 10.2. The summed E-state index contributed by atoms with van der Waals surface area (Å²) in [6.07, 6.45) is -1.48. The van der Waals surface area contributed by atoms with Crippen LogP contribution >= 0.6 is 0 Å². The molecule has 1 aliphatic heterocycles. The molecule has 1 fully saturated rings. The molecule has 1 aromatic carbocycles. The van der Waals surface area contributed by atoms with Crippen LogP contribution in [0.4, 0.5) is 4.79 Å². The van der Waals surface area contributed by atoms with Gasteiger partial charge in [-0.3, -0.25) is 14.4 Å². The number of esters is 1. The van der Waals surface area contributed by atoms with Gasteiger partial charge in [0.1, 0.15) is 0 Å².